The van der Waals surface area contributed by atoms with Crippen LogP contribution in [0.1, 0.15) is 77.9 Å². The largest absolute Gasteiger partial charge is 0.456 e. The Hall–Kier alpha value is -11.1. The average molecular weight is 1180 g/mol. The Balaban J connectivity index is 0.864. The molecule has 3 nitrogen and oxygen atoms in total. The standard InChI is InChI=1S/C86H62F2N2O/c1-7-57-21-26-61(27-22-57)85(79-45-53(3)17-19-55(79)5)77-15-11-9-13-71(77)73-42-39-69(51-81(73)85)89(65-35-30-63(87)31-36-65)67-34-25-59-49-84-75(48-60(59)47-67)76-50-68(41-44-83(76)91-84)90(66-37-32-64(88)33-38-66)70-40-43-74-72-14-10-12-16-78(72)86(82(74)52-70,62-28-23-58(8-2)24-29-62)80-46-54(4)18-20-56(80)6/h7-52H,1-2H2,3-6H3. The van der Waals surface area contributed by atoms with Crippen LogP contribution in [0.3, 0.4) is 0 Å². The third-order valence-corrected chi connectivity index (χ3v) is 19.4. The Morgan fingerprint density at radius 1 is 0.330 bits per heavy atom. The predicted molar refractivity (Wildman–Crippen MR) is 374 cm³/mol. The van der Waals surface area contributed by atoms with Gasteiger partial charge in [-0.05, 0) is 243 Å². The van der Waals surface area contributed by atoms with Crippen molar-refractivity contribution in [2.24, 2.45) is 0 Å². The van der Waals surface area contributed by atoms with Gasteiger partial charge in [-0.2, -0.15) is 0 Å². The van der Waals surface area contributed by atoms with E-state index < -0.39 is 10.8 Å². The van der Waals surface area contributed by atoms with Crippen molar-refractivity contribution in [1.29, 1.82) is 0 Å². The SMILES string of the molecule is C=Cc1ccc(C2(c3cc(C)ccc3C)c3ccccc3-c3ccc(N(c4ccc(F)cc4)c4ccc5cc6oc7ccc(N(c8ccc(F)cc8)c8ccc9c(c8)C(c8ccc(C=C)cc8)(c8cc(C)ccc8C)c8ccccc8-9)cc7c6cc5c4)cc32)cc1. The third kappa shape index (κ3) is 8.59. The number of rotatable bonds is 12. The lowest BCUT2D eigenvalue weighted by atomic mass is 9.66. The smallest absolute Gasteiger partial charge is 0.136 e. The first-order valence-electron chi connectivity index (χ1n) is 31.0. The molecule has 5 heteroatoms. The molecule has 436 valence electrons. The summed E-state index contributed by atoms with van der Waals surface area (Å²) >= 11 is 0. The van der Waals surface area contributed by atoms with Gasteiger partial charge >= 0.3 is 0 Å². The molecule has 0 radical (unpaired) electrons. The van der Waals surface area contributed by atoms with Gasteiger partial charge in [0.05, 0.1) is 10.8 Å². The third-order valence-electron chi connectivity index (χ3n) is 19.4. The van der Waals surface area contributed by atoms with E-state index in [4.69, 9.17) is 4.42 Å². The van der Waals surface area contributed by atoms with Gasteiger partial charge in [-0.1, -0.05) is 188 Å². The first-order valence-corrected chi connectivity index (χ1v) is 31.0. The lowest BCUT2D eigenvalue weighted by molar-refractivity contribution is 0.627. The molecule has 2 aliphatic rings. The summed E-state index contributed by atoms with van der Waals surface area (Å²) in [6.45, 7) is 17.0. The highest BCUT2D eigenvalue weighted by molar-refractivity contribution is 6.12. The van der Waals surface area contributed by atoms with Gasteiger partial charge in [0.15, 0.2) is 0 Å². The molecule has 91 heavy (non-hydrogen) atoms. The average Bonchev–Trinajstić information content (AvgIpc) is 1.56. The molecule has 0 amide bonds. The molecule has 0 fully saturated rings. The van der Waals surface area contributed by atoms with Crippen molar-refractivity contribution in [2.45, 2.75) is 38.5 Å². The van der Waals surface area contributed by atoms with Crippen molar-refractivity contribution in [1.82, 2.24) is 0 Å². The minimum absolute atomic E-state index is 0.308. The monoisotopic (exact) mass is 1180 g/mol. The van der Waals surface area contributed by atoms with Crippen LogP contribution >= 0.6 is 0 Å². The normalized spacial score (nSPS) is 15.3. The van der Waals surface area contributed by atoms with Gasteiger partial charge in [-0.3, -0.25) is 0 Å². The Morgan fingerprint density at radius 2 is 0.747 bits per heavy atom. The van der Waals surface area contributed by atoms with Gasteiger partial charge in [0, 0.05) is 44.9 Å². The van der Waals surface area contributed by atoms with Crippen molar-refractivity contribution in [2.75, 3.05) is 9.80 Å². The number of aryl methyl sites for hydroxylation is 4. The fraction of sp³-hybridized carbons (Fsp3) is 0.0698. The van der Waals surface area contributed by atoms with Crippen LogP contribution < -0.4 is 9.80 Å². The number of nitrogens with zero attached hydrogens (tertiary/aromatic N) is 2. The number of benzene rings is 13. The molecule has 0 spiro atoms. The number of furan rings is 1. The Labute approximate surface area is 529 Å². The van der Waals surface area contributed by atoms with Crippen LogP contribution in [0.5, 0.6) is 0 Å². The molecule has 1 heterocycles. The van der Waals surface area contributed by atoms with E-state index in [1.807, 2.05) is 36.4 Å². The van der Waals surface area contributed by atoms with Crippen LogP contribution in [0.4, 0.5) is 42.9 Å². The second-order valence-electron chi connectivity index (χ2n) is 24.6. The molecule has 0 saturated heterocycles. The van der Waals surface area contributed by atoms with Crippen LogP contribution in [0.15, 0.2) is 284 Å². The highest BCUT2D eigenvalue weighted by Gasteiger charge is 2.49. The van der Waals surface area contributed by atoms with Crippen molar-refractivity contribution in [3.63, 3.8) is 0 Å². The van der Waals surface area contributed by atoms with Gasteiger partial charge in [-0.25, -0.2) is 8.78 Å². The molecule has 13 aromatic carbocycles. The maximum Gasteiger partial charge on any atom is 0.136 e. The van der Waals surface area contributed by atoms with Crippen LogP contribution in [-0.4, -0.2) is 0 Å². The molecule has 0 saturated carbocycles. The topological polar surface area (TPSA) is 19.6 Å². The van der Waals surface area contributed by atoms with Crippen LogP contribution in [0, 0.1) is 39.3 Å². The number of hydrogen-bond donors (Lipinski definition) is 0. The van der Waals surface area contributed by atoms with Gasteiger partial charge in [-0.15, -0.1) is 0 Å². The van der Waals surface area contributed by atoms with E-state index >= 15 is 8.78 Å². The number of halogens is 2. The Morgan fingerprint density at radius 3 is 1.24 bits per heavy atom. The lowest BCUT2D eigenvalue weighted by Crippen LogP contribution is -2.30. The minimum Gasteiger partial charge on any atom is -0.456 e. The summed E-state index contributed by atoms with van der Waals surface area (Å²) in [7, 11) is 0. The zero-order valence-corrected chi connectivity index (χ0v) is 51.0. The van der Waals surface area contributed by atoms with E-state index in [1.54, 1.807) is 0 Å². The minimum atomic E-state index is -0.682. The summed E-state index contributed by atoms with van der Waals surface area (Å²) in [6.07, 6.45) is 3.79. The molecular weight excluding hydrogens is 1110 g/mol. The molecule has 2 aliphatic carbocycles. The van der Waals surface area contributed by atoms with Crippen LogP contribution in [0.25, 0.3) is 67.1 Å². The summed E-state index contributed by atoms with van der Waals surface area (Å²) < 4.78 is 37.0. The van der Waals surface area contributed by atoms with Crippen LogP contribution in [-0.2, 0) is 10.8 Å². The highest BCUT2D eigenvalue weighted by atomic mass is 19.1. The first kappa shape index (κ1) is 55.2. The molecule has 16 rings (SSSR count). The van der Waals surface area contributed by atoms with E-state index in [9.17, 15) is 0 Å². The van der Waals surface area contributed by atoms with E-state index in [1.165, 1.54) is 91.0 Å². The van der Waals surface area contributed by atoms with Gasteiger partial charge in [0.25, 0.3) is 0 Å². The Bertz CT molecular complexity index is 5290. The van der Waals surface area contributed by atoms with Gasteiger partial charge in [0.1, 0.15) is 22.8 Å². The summed E-state index contributed by atoms with van der Waals surface area (Å²) in [5, 5.41) is 3.90. The van der Waals surface area contributed by atoms with Crippen molar-refractivity contribution in [3.05, 3.63) is 370 Å². The van der Waals surface area contributed by atoms with Crippen molar-refractivity contribution in [3.8, 4) is 22.3 Å². The maximum atomic E-state index is 15.1. The first-order chi connectivity index (χ1) is 44.4. The summed E-state index contributed by atoms with van der Waals surface area (Å²) in [5.41, 5.74) is 26.5. The van der Waals surface area contributed by atoms with Gasteiger partial charge < -0.3 is 14.2 Å². The van der Waals surface area contributed by atoms with E-state index in [2.05, 4.69) is 269 Å². The van der Waals surface area contributed by atoms with Crippen molar-refractivity contribution >= 4 is 79.0 Å². The second-order valence-corrected chi connectivity index (χ2v) is 24.6. The predicted octanol–water partition coefficient (Wildman–Crippen LogP) is 23.2. The Kier molecular flexibility index (Phi) is 12.9. The molecular formula is C86H62F2N2O. The lowest BCUT2D eigenvalue weighted by Gasteiger charge is -2.36. The molecule has 0 aliphatic heterocycles. The molecule has 0 bridgehead atoms. The molecule has 14 aromatic rings. The van der Waals surface area contributed by atoms with Crippen LogP contribution in [0.2, 0.25) is 0 Å². The number of anilines is 6. The van der Waals surface area contributed by atoms with E-state index in [0.717, 1.165) is 100 Å². The zero-order chi connectivity index (χ0) is 61.9. The fourth-order valence-electron chi connectivity index (χ4n) is 15.2. The highest BCUT2D eigenvalue weighted by Crippen LogP contribution is 2.60. The maximum absolute atomic E-state index is 15.1. The molecule has 0 N–H and O–H groups in total. The summed E-state index contributed by atoms with van der Waals surface area (Å²) in [4.78, 5) is 4.48. The molecule has 1 aromatic heterocycles. The summed E-state index contributed by atoms with van der Waals surface area (Å²) in [5.74, 6) is -0.621. The molecule has 2 atom stereocenters. The van der Waals surface area contributed by atoms with Crippen molar-refractivity contribution < 1.29 is 13.2 Å². The quantitative estimate of drug-likeness (QED) is 0.122. The number of fused-ring (bicyclic) bond motifs is 10. The fourth-order valence-corrected chi connectivity index (χ4v) is 15.2. The zero-order valence-electron chi connectivity index (χ0n) is 51.0. The number of hydrogen-bond acceptors (Lipinski definition) is 3. The van der Waals surface area contributed by atoms with E-state index in [-0.39, 0.29) is 11.6 Å². The van der Waals surface area contributed by atoms with Gasteiger partial charge in [0.2, 0.25) is 0 Å². The van der Waals surface area contributed by atoms with E-state index in [0.29, 0.717) is 0 Å². The second kappa shape index (κ2) is 21.3. The summed E-state index contributed by atoms with van der Waals surface area (Å²) in [6, 6.07) is 93.4. The molecule has 2 unspecified atom stereocenters.